The van der Waals surface area contributed by atoms with Crippen LogP contribution in [0.3, 0.4) is 0 Å². The van der Waals surface area contributed by atoms with Crippen LogP contribution < -0.4 is 5.32 Å². The normalized spacial score (nSPS) is 27.8. The number of hydrogen-bond donors (Lipinski definition) is 1. The molecule has 0 spiro atoms. The molecule has 0 aromatic heterocycles. The van der Waals surface area contributed by atoms with Crippen molar-refractivity contribution in [2.45, 2.75) is 31.3 Å². The number of Topliss-reactive ketones (excluding diaryl/α,β-unsaturated/α-hetero) is 1. The lowest BCUT2D eigenvalue weighted by molar-refractivity contribution is -0.164. The van der Waals surface area contributed by atoms with Crippen LogP contribution in [0.1, 0.15) is 41.7 Å². The third-order valence-corrected chi connectivity index (χ3v) is 8.21. The van der Waals surface area contributed by atoms with Crippen molar-refractivity contribution in [2.75, 3.05) is 7.11 Å². The van der Waals surface area contributed by atoms with E-state index >= 15 is 0 Å². The average molecular weight is 450 g/mol. The van der Waals surface area contributed by atoms with E-state index in [9.17, 15) is 9.59 Å². The summed E-state index contributed by atoms with van der Waals surface area (Å²) < 4.78 is 5.18. The molecular weight excluding hydrogens is 422 g/mol. The summed E-state index contributed by atoms with van der Waals surface area (Å²) in [6.45, 7) is 1.92. The van der Waals surface area contributed by atoms with Gasteiger partial charge in [-0.25, -0.2) is 0 Å². The zero-order chi connectivity index (χ0) is 23.5. The number of carbonyl (C=O) groups excluding carboxylic acids is 2. The summed E-state index contributed by atoms with van der Waals surface area (Å²) in [7, 11) is 1.43. The molecule has 4 nitrogen and oxygen atoms in total. The van der Waals surface area contributed by atoms with Crippen molar-refractivity contribution in [3.05, 3.63) is 96.1 Å². The maximum absolute atomic E-state index is 14.1. The smallest absolute Gasteiger partial charge is 0.326 e. The Morgan fingerprint density at radius 2 is 1.41 bits per heavy atom. The summed E-state index contributed by atoms with van der Waals surface area (Å²) in [6.07, 6.45) is 1.32. The Kier molecular flexibility index (Phi) is 4.65. The quantitative estimate of drug-likeness (QED) is 0.314. The lowest BCUT2D eigenvalue weighted by atomic mass is 9.46. The highest BCUT2D eigenvalue weighted by Gasteiger charge is 2.67. The van der Waals surface area contributed by atoms with Crippen molar-refractivity contribution in [1.29, 1.82) is 0 Å². The molecule has 3 aliphatic rings. The fourth-order valence-corrected chi connectivity index (χ4v) is 6.18. The first-order valence-corrected chi connectivity index (χ1v) is 11.8. The van der Waals surface area contributed by atoms with Crippen LogP contribution in [0.5, 0.6) is 0 Å². The molecule has 1 N–H and O–H groups in total. The second-order valence-corrected chi connectivity index (χ2v) is 10.0. The summed E-state index contributed by atoms with van der Waals surface area (Å²) in [5.74, 6) is -0.0668. The third-order valence-electron chi connectivity index (χ3n) is 8.21. The van der Waals surface area contributed by atoms with Gasteiger partial charge in [0.2, 0.25) is 0 Å². The van der Waals surface area contributed by atoms with Gasteiger partial charge in [-0.1, -0.05) is 72.8 Å². The van der Waals surface area contributed by atoms with Crippen molar-refractivity contribution in [3.63, 3.8) is 0 Å². The van der Waals surface area contributed by atoms with Crippen molar-refractivity contribution in [1.82, 2.24) is 5.32 Å². The molecule has 2 saturated heterocycles. The number of methoxy groups -OCH3 is 1. The summed E-state index contributed by atoms with van der Waals surface area (Å²) in [4.78, 5) is 27.0. The van der Waals surface area contributed by atoms with Gasteiger partial charge < -0.3 is 4.74 Å². The molecule has 2 heterocycles. The predicted octanol–water partition coefficient (Wildman–Crippen LogP) is 5.85. The van der Waals surface area contributed by atoms with Gasteiger partial charge in [0.05, 0.1) is 12.5 Å². The van der Waals surface area contributed by atoms with Crippen LogP contribution in [0.2, 0.25) is 0 Å². The number of ketones is 1. The molecular formula is C30H27NO3. The van der Waals surface area contributed by atoms with E-state index < -0.39 is 11.0 Å². The first kappa shape index (κ1) is 21.1. The van der Waals surface area contributed by atoms with Crippen molar-refractivity contribution < 1.29 is 14.3 Å². The molecule has 0 radical (unpaired) electrons. The lowest BCUT2D eigenvalue weighted by Crippen LogP contribution is -2.72. The monoisotopic (exact) mass is 449 g/mol. The maximum Gasteiger partial charge on any atom is 0.326 e. The molecule has 1 saturated carbocycles. The van der Waals surface area contributed by atoms with Crippen molar-refractivity contribution in [2.24, 2.45) is 11.3 Å². The third kappa shape index (κ3) is 2.95. The minimum Gasteiger partial charge on any atom is -0.468 e. The maximum atomic E-state index is 14.1. The van der Waals surface area contributed by atoms with Gasteiger partial charge in [0.15, 0.2) is 5.78 Å². The Morgan fingerprint density at radius 1 is 0.824 bits per heavy atom. The summed E-state index contributed by atoms with van der Waals surface area (Å²) in [6, 6.07) is 28.3. The average Bonchev–Trinajstić information content (AvgIpc) is 2.86. The van der Waals surface area contributed by atoms with Crippen molar-refractivity contribution in [3.8, 4) is 0 Å². The van der Waals surface area contributed by atoms with Crippen LogP contribution >= 0.6 is 0 Å². The van der Waals surface area contributed by atoms with E-state index in [4.69, 9.17) is 4.74 Å². The van der Waals surface area contributed by atoms with E-state index in [0.29, 0.717) is 12.8 Å². The van der Waals surface area contributed by atoms with E-state index in [0.717, 1.165) is 32.7 Å². The molecule has 1 aliphatic carbocycles. The number of rotatable bonds is 4. The lowest BCUT2D eigenvalue weighted by Gasteiger charge is -2.62. The number of benzene rings is 4. The summed E-state index contributed by atoms with van der Waals surface area (Å²) >= 11 is 0. The van der Waals surface area contributed by atoms with Gasteiger partial charge in [-0.2, -0.15) is 0 Å². The summed E-state index contributed by atoms with van der Waals surface area (Å²) in [5, 5.41) is 8.05. The van der Waals surface area contributed by atoms with Gasteiger partial charge in [-0.15, -0.1) is 0 Å². The number of fused-ring (bicyclic) bond motifs is 4. The first-order chi connectivity index (χ1) is 16.4. The number of esters is 1. The molecule has 170 valence electrons. The largest absolute Gasteiger partial charge is 0.468 e. The first-order valence-electron chi connectivity index (χ1n) is 11.8. The Bertz CT molecular complexity index is 1450. The van der Waals surface area contributed by atoms with Crippen LogP contribution in [-0.2, 0) is 9.53 Å². The zero-order valence-corrected chi connectivity index (χ0v) is 19.4. The van der Waals surface area contributed by atoms with E-state index in [1.807, 2.05) is 55.5 Å². The number of hydrogen-bond acceptors (Lipinski definition) is 4. The molecule has 0 unspecified atom stereocenters. The Morgan fingerprint density at radius 3 is 2.06 bits per heavy atom. The minimum absolute atomic E-state index is 0.0565. The molecule has 4 aromatic rings. The highest BCUT2D eigenvalue weighted by molar-refractivity contribution is 6.05. The Hall–Kier alpha value is -3.50. The van der Waals surface area contributed by atoms with E-state index in [1.165, 1.54) is 7.11 Å². The highest BCUT2D eigenvalue weighted by atomic mass is 16.5. The van der Waals surface area contributed by atoms with Crippen LogP contribution in [0.4, 0.5) is 0 Å². The van der Waals surface area contributed by atoms with E-state index in [-0.39, 0.29) is 23.7 Å². The van der Waals surface area contributed by atoms with Crippen LogP contribution in [0.25, 0.3) is 21.5 Å². The fraction of sp³-hybridized carbons (Fsp3) is 0.267. The minimum atomic E-state index is -0.823. The standard InChI is InChI=1S/C30H27NO3/c1-29(28(33)34-2)25-17-30(18-25,27(32)24-14-12-20-8-4-6-10-22(20)16-24)26(31-29)23-13-11-19-7-3-5-9-21(19)15-23/h3-16,25-26,31H,17-18H2,1-2H3/t25?,26-,29-,30?/m0/s1. The molecule has 2 aliphatic heterocycles. The number of nitrogens with one attached hydrogen (secondary N) is 1. The topological polar surface area (TPSA) is 55.4 Å². The van der Waals surface area contributed by atoms with Gasteiger partial charge in [-0.05, 0) is 64.9 Å². The molecule has 2 bridgehead atoms. The fourth-order valence-electron chi connectivity index (χ4n) is 6.18. The van der Waals surface area contributed by atoms with E-state index in [1.54, 1.807) is 0 Å². The molecule has 0 amide bonds. The molecule has 3 fully saturated rings. The second-order valence-electron chi connectivity index (χ2n) is 10.0. The van der Waals surface area contributed by atoms with Gasteiger partial charge >= 0.3 is 5.97 Å². The van der Waals surface area contributed by atoms with Crippen LogP contribution in [0.15, 0.2) is 84.9 Å². The Balaban J connectivity index is 1.46. The Labute approximate surface area is 198 Å². The van der Waals surface area contributed by atoms with Gasteiger partial charge in [0.1, 0.15) is 5.54 Å². The molecule has 4 heteroatoms. The van der Waals surface area contributed by atoms with Gasteiger partial charge in [-0.3, -0.25) is 14.9 Å². The van der Waals surface area contributed by atoms with Gasteiger partial charge in [0, 0.05) is 11.6 Å². The number of carbonyl (C=O) groups is 2. The van der Waals surface area contributed by atoms with Gasteiger partial charge in [0.25, 0.3) is 0 Å². The highest BCUT2D eigenvalue weighted by Crippen LogP contribution is 2.63. The second kappa shape index (κ2) is 7.51. The zero-order valence-electron chi connectivity index (χ0n) is 19.4. The number of ether oxygens (including phenoxy) is 1. The van der Waals surface area contributed by atoms with Crippen LogP contribution in [-0.4, -0.2) is 24.4 Å². The predicted molar refractivity (Wildman–Crippen MR) is 134 cm³/mol. The SMILES string of the molecule is COC(=O)[C@@]1(C)N[C@@H](c2ccc3ccccc3c2)C2(C(=O)c3ccc4ccccc4c3)CC1C2. The van der Waals surface area contributed by atoms with Crippen molar-refractivity contribution >= 4 is 33.3 Å². The molecule has 4 aromatic carbocycles. The molecule has 7 rings (SSSR count). The van der Waals surface area contributed by atoms with E-state index in [2.05, 4.69) is 41.7 Å². The molecule has 34 heavy (non-hydrogen) atoms. The summed E-state index contributed by atoms with van der Waals surface area (Å²) in [5.41, 5.74) is 0.340. The number of piperidine rings is 2. The molecule has 2 atom stereocenters. The van der Waals surface area contributed by atoms with Crippen LogP contribution in [0, 0.1) is 11.3 Å².